The molecule has 2 aliphatic rings. The number of rotatable bonds is 7. The lowest BCUT2D eigenvalue weighted by atomic mass is 9.80. The van der Waals surface area contributed by atoms with E-state index in [-0.39, 0.29) is 12.1 Å². The molecule has 2 aliphatic heterocycles. The van der Waals surface area contributed by atoms with Crippen molar-refractivity contribution in [1.82, 2.24) is 24.5 Å². The maximum Gasteiger partial charge on any atom is 0.256 e. The summed E-state index contributed by atoms with van der Waals surface area (Å²) in [5, 5.41) is 18.9. The number of β-amino-alcohol motifs (C(OH)–C–C–N with tert-alkyl or cyclic N) is 1. The van der Waals surface area contributed by atoms with Crippen LogP contribution in [0.2, 0.25) is 10.0 Å². The van der Waals surface area contributed by atoms with Crippen LogP contribution in [-0.4, -0.2) is 68.4 Å². The number of hydrogen-bond donors (Lipinski definition) is 2. The van der Waals surface area contributed by atoms with Gasteiger partial charge in [-0.3, -0.25) is 0 Å². The average molecular weight is 504 g/mol. The summed E-state index contributed by atoms with van der Waals surface area (Å²) in [5.41, 5.74) is 0.959. The van der Waals surface area contributed by atoms with Gasteiger partial charge in [0.1, 0.15) is 18.0 Å². The summed E-state index contributed by atoms with van der Waals surface area (Å²) < 4.78 is 1.72. The van der Waals surface area contributed by atoms with Gasteiger partial charge in [-0.2, -0.15) is 19.6 Å². The molecule has 8 nitrogen and oxygen atoms in total. The number of aliphatic hydroxyl groups is 1. The summed E-state index contributed by atoms with van der Waals surface area (Å²) in [4.78, 5) is 13.8. The number of nitrogens with one attached hydrogen (secondary N) is 1. The first-order valence-corrected chi connectivity index (χ1v) is 12.7. The summed E-state index contributed by atoms with van der Waals surface area (Å²) in [6.07, 6.45) is 3.72. The van der Waals surface area contributed by atoms with E-state index < -0.39 is 0 Å². The van der Waals surface area contributed by atoms with Gasteiger partial charge in [0.15, 0.2) is 0 Å². The SMILES string of the molecule is CC(O)CN1CCCC(C2CN(c3cc(N[C@H](C)c4ccc(Cl)cc4Cl)n4ncnc4n3)C2)C1. The number of piperidine rings is 1. The molecule has 0 saturated carbocycles. The Kier molecular flexibility index (Phi) is 6.84. The van der Waals surface area contributed by atoms with Gasteiger partial charge in [0, 0.05) is 42.3 Å². The smallest absolute Gasteiger partial charge is 0.256 e. The molecule has 1 aromatic carbocycles. The number of benzene rings is 1. The van der Waals surface area contributed by atoms with Gasteiger partial charge < -0.3 is 20.2 Å². The molecule has 0 bridgehead atoms. The zero-order valence-electron chi connectivity index (χ0n) is 19.5. The van der Waals surface area contributed by atoms with E-state index in [2.05, 4.69) is 32.1 Å². The van der Waals surface area contributed by atoms with Gasteiger partial charge >= 0.3 is 0 Å². The molecule has 2 N–H and O–H groups in total. The Hall–Kier alpha value is -2.13. The van der Waals surface area contributed by atoms with Crippen molar-refractivity contribution in [1.29, 1.82) is 0 Å². The first kappa shape index (κ1) is 23.6. The van der Waals surface area contributed by atoms with E-state index in [0.717, 1.165) is 49.9 Å². The number of anilines is 2. The van der Waals surface area contributed by atoms with Gasteiger partial charge in [-0.25, -0.2) is 0 Å². The number of likely N-dealkylation sites (tertiary alicyclic amines) is 1. The van der Waals surface area contributed by atoms with Crippen molar-refractivity contribution in [3.63, 3.8) is 0 Å². The average Bonchev–Trinajstić information content (AvgIpc) is 3.21. The molecule has 34 heavy (non-hydrogen) atoms. The van der Waals surface area contributed by atoms with Gasteiger partial charge in [-0.15, -0.1) is 0 Å². The van der Waals surface area contributed by atoms with Gasteiger partial charge in [-0.1, -0.05) is 29.3 Å². The maximum absolute atomic E-state index is 9.76. The molecule has 10 heteroatoms. The maximum atomic E-state index is 9.76. The Morgan fingerprint density at radius 3 is 2.74 bits per heavy atom. The number of aromatic nitrogens is 4. The van der Waals surface area contributed by atoms with Crippen molar-refractivity contribution in [3.05, 3.63) is 46.2 Å². The molecule has 182 valence electrons. The predicted molar refractivity (Wildman–Crippen MR) is 136 cm³/mol. The van der Waals surface area contributed by atoms with Crippen LogP contribution in [0, 0.1) is 11.8 Å². The Labute approximate surface area is 209 Å². The topological polar surface area (TPSA) is 81.8 Å². The Morgan fingerprint density at radius 2 is 1.97 bits per heavy atom. The van der Waals surface area contributed by atoms with Crippen molar-refractivity contribution in [3.8, 4) is 0 Å². The number of hydrogen-bond acceptors (Lipinski definition) is 7. The number of nitrogens with zero attached hydrogens (tertiary/aromatic N) is 6. The summed E-state index contributed by atoms with van der Waals surface area (Å²) in [6.45, 7) is 8.84. The second-order valence-corrected chi connectivity index (χ2v) is 10.5. The van der Waals surface area contributed by atoms with Gasteiger partial charge in [0.2, 0.25) is 0 Å². The number of aliphatic hydroxyl groups excluding tert-OH is 1. The second kappa shape index (κ2) is 9.85. The standard InChI is InChI=1S/C24H31Cl2N7O/c1-15(34)10-31-7-3-4-17(11-31)18-12-32(13-18)22-9-23(33-24(30-22)27-14-28-33)29-16(2)20-6-5-19(25)8-21(20)26/h5-6,8-9,14-18,29,34H,3-4,7,10-13H2,1-2H3/t15?,16-,17?/m1/s1. The molecule has 2 fully saturated rings. The second-order valence-electron chi connectivity index (χ2n) is 9.68. The highest BCUT2D eigenvalue weighted by Crippen LogP contribution is 2.35. The minimum absolute atomic E-state index is 0.0568. The third kappa shape index (κ3) is 4.96. The fourth-order valence-electron chi connectivity index (χ4n) is 5.23. The molecular formula is C24H31Cl2N7O. The van der Waals surface area contributed by atoms with Crippen LogP contribution in [-0.2, 0) is 0 Å². The number of fused-ring (bicyclic) bond motifs is 1. The Balaban J connectivity index is 1.29. The quantitative estimate of drug-likeness (QED) is 0.501. The van der Waals surface area contributed by atoms with Crippen LogP contribution in [0.4, 0.5) is 11.6 Å². The highest BCUT2D eigenvalue weighted by molar-refractivity contribution is 6.35. The lowest BCUT2D eigenvalue weighted by Gasteiger charge is -2.47. The predicted octanol–water partition coefficient (Wildman–Crippen LogP) is 4.13. The molecule has 3 aromatic rings. The summed E-state index contributed by atoms with van der Waals surface area (Å²) in [6, 6.07) is 7.52. The fraction of sp³-hybridized carbons (Fsp3) is 0.542. The van der Waals surface area contributed by atoms with Crippen LogP contribution in [0.25, 0.3) is 5.78 Å². The summed E-state index contributed by atoms with van der Waals surface area (Å²) >= 11 is 12.5. The van der Waals surface area contributed by atoms with Crippen molar-refractivity contribution < 1.29 is 5.11 Å². The molecule has 0 spiro atoms. The van der Waals surface area contributed by atoms with Crippen molar-refractivity contribution in [2.45, 2.75) is 38.8 Å². The third-order valence-corrected chi connectivity index (χ3v) is 7.56. The van der Waals surface area contributed by atoms with Crippen molar-refractivity contribution in [2.75, 3.05) is 42.9 Å². The molecule has 2 saturated heterocycles. The molecule has 0 amide bonds. The zero-order chi connectivity index (χ0) is 23.8. The third-order valence-electron chi connectivity index (χ3n) is 7.00. The monoisotopic (exact) mass is 503 g/mol. The molecule has 5 rings (SSSR count). The lowest BCUT2D eigenvalue weighted by molar-refractivity contribution is 0.0725. The van der Waals surface area contributed by atoms with Crippen molar-refractivity contribution >= 4 is 40.6 Å². The van der Waals surface area contributed by atoms with Crippen LogP contribution < -0.4 is 10.2 Å². The van der Waals surface area contributed by atoms with Crippen LogP contribution in [0.3, 0.4) is 0 Å². The van der Waals surface area contributed by atoms with Gasteiger partial charge in [0.25, 0.3) is 5.78 Å². The van der Waals surface area contributed by atoms with E-state index in [1.165, 1.54) is 19.2 Å². The van der Waals surface area contributed by atoms with Gasteiger partial charge in [-0.05, 0) is 62.8 Å². The lowest BCUT2D eigenvalue weighted by Crippen LogP contribution is -2.54. The molecular weight excluding hydrogens is 473 g/mol. The molecule has 0 aliphatic carbocycles. The van der Waals surface area contributed by atoms with E-state index in [4.69, 9.17) is 28.2 Å². The van der Waals surface area contributed by atoms with Gasteiger partial charge in [0.05, 0.1) is 12.1 Å². The largest absolute Gasteiger partial charge is 0.392 e. The van der Waals surface area contributed by atoms with Crippen LogP contribution in [0.15, 0.2) is 30.6 Å². The van der Waals surface area contributed by atoms with Crippen molar-refractivity contribution in [2.24, 2.45) is 11.8 Å². The van der Waals surface area contributed by atoms with Crippen LogP contribution >= 0.6 is 23.2 Å². The van der Waals surface area contributed by atoms with Crippen LogP contribution in [0.5, 0.6) is 0 Å². The minimum Gasteiger partial charge on any atom is -0.392 e. The highest BCUT2D eigenvalue weighted by Gasteiger charge is 2.36. The molecule has 0 radical (unpaired) electrons. The molecule has 4 heterocycles. The summed E-state index contributed by atoms with van der Waals surface area (Å²) in [5.74, 6) is 3.62. The first-order valence-electron chi connectivity index (χ1n) is 11.9. The molecule has 2 aromatic heterocycles. The van der Waals surface area contributed by atoms with E-state index in [9.17, 15) is 5.11 Å². The Bertz CT molecular complexity index is 1150. The van der Waals surface area contributed by atoms with Crippen LogP contribution in [0.1, 0.15) is 38.3 Å². The highest BCUT2D eigenvalue weighted by atomic mass is 35.5. The van der Waals surface area contributed by atoms with E-state index >= 15 is 0 Å². The molecule has 2 unspecified atom stereocenters. The Morgan fingerprint density at radius 1 is 1.15 bits per heavy atom. The number of halogens is 2. The summed E-state index contributed by atoms with van der Waals surface area (Å²) in [7, 11) is 0. The minimum atomic E-state index is -0.271. The first-order chi connectivity index (χ1) is 16.4. The van der Waals surface area contributed by atoms with E-state index in [1.54, 1.807) is 10.6 Å². The molecule has 3 atom stereocenters. The van der Waals surface area contributed by atoms with E-state index in [1.807, 2.05) is 25.1 Å². The normalized spacial score (nSPS) is 21.4. The van der Waals surface area contributed by atoms with E-state index in [0.29, 0.717) is 27.7 Å². The zero-order valence-corrected chi connectivity index (χ0v) is 21.0. The fourth-order valence-corrected chi connectivity index (χ4v) is 5.80.